The molecule has 2 aromatic rings. The highest BCUT2D eigenvalue weighted by Crippen LogP contribution is 2.30. The molecule has 0 aliphatic carbocycles. The minimum Gasteiger partial charge on any atom is -0.327 e. The molecule has 0 atom stereocenters. The second kappa shape index (κ2) is 4.88. The van der Waals surface area contributed by atoms with Gasteiger partial charge >= 0.3 is 0 Å². The summed E-state index contributed by atoms with van der Waals surface area (Å²) >= 11 is 3.88. The van der Waals surface area contributed by atoms with Crippen molar-refractivity contribution in [2.24, 2.45) is 0 Å². The molecule has 86 valence electrons. The summed E-state index contributed by atoms with van der Waals surface area (Å²) in [5, 5.41) is 10.8. The van der Waals surface area contributed by atoms with Crippen LogP contribution in [-0.2, 0) is 0 Å². The summed E-state index contributed by atoms with van der Waals surface area (Å²) < 4.78 is 2.54. The van der Waals surface area contributed by atoms with Crippen molar-refractivity contribution < 1.29 is 4.92 Å². The first-order valence-electron chi connectivity index (χ1n) is 4.96. The number of benzene rings is 2. The number of nitrogens with zero attached hydrogens (tertiary/aromatic N) is 1. The Hall–Kier alpha value is -2.01. The molecule has 0 spiro atoms. The molecule has 17 heavy (non-hydrogen) atoms. The molecule has 0 radical (unpaired) electrons. The smallest absolute Gasteiger partial charge is 0.293 e. The normalized spacial score (nSPS) is 9.94. The number of anilines is 1. The number of nitro benzene ring substituents is 1. The van der Waals surface area contributed by atoms with Gasteiger partial charge in [-0.25, -0.2) is 0 Å². The Morgan fingerprint density at radius 1 is 1.06 bits per heavy atom. The van der Waals surface area contributed by atoms with Gasteiger partial charge in [0.1, 0.15) is 5.69 Å². The predicted molar refractivity (Wildman–Crippen MR) is 71.1 cm³/mol. The first-order valence-corrected chi connectivity index (χ1v) is 5.41. The van der Waals surface area contributed by atoms with Crippen molar-refractivity contribution in [2.75, 3.05) is 4.72 Å². The lowest BCUT2D eigenvalue weighted by Crippen LogP contribution is -1.93. The van der Waals surface area contributed by atoms with Gasteiger partial charge < -0.3 is 4.72 Å². The van der Waals surface area contributed by atoms with Crippen LogP contribution in [0.25, 0.3) is 11.1 Å². The van der Waals surface area contributed by atoms with E-state index in [9.17, 15) is 10.1 Å². The summed E-state index contributed by atoms with van der Waals surface area (Å²) in [6.07, 6.45) is 0. The van der Waals surface area contributed by atoms with E-state index in [1.807, 2.05) is 30.3 Å². The third kappa shape index (κ3) is 2.39. The fraction of sp³-hybridized carbons (Fsp3) is 0. The highest BCUT2D eigenvalue weighted by molar-refractivity contribution is 7.81. The second-order valence-electron chi connectivity index (χ2n) is 3.47. The van der Waals surface area contributed by atoms with Crippen LogP contribution in [-0.4, -0.2) is 4.92 Å². The van der Waals surface area contributed by atoms with Crippen molar-refractivity contribution in [3.63, 3.8) is 0 Å². The van der Waals surface area contributed by atoms with Crippen LogP contribution in [0, 0.1) is 10.1 Å². The molecule has 0 amide bonds. The molecule has 0 unspecified atom stereocenters. The van der Waals surface area contributed by atoms with Gasteiger partial charge in [0.25, 0.3) is 5.69 Å². The maximum atomic E-state index is 10.8. The van der Waals surface area contributed by atoms with Crippen molar-refractivity contribution >= 4 is 24.2 Å². The van der Waals surface area contributed by atoms with Gasteiger partial charge in [0.05, 0.1) is 4.92 Å². The van der Waals surface area contributed by atoms with Crippen molar-refractivity contribution in [3.05, 3.63) is 58.6 Å². The Labute approximate surface area is 104 Å². The number of nitrogens with one attached hydrogen (secondary N) is 1. The second-order valence-corrected chi connectivity index (χ2v) is 3.69. The topological polar surface area (TPSA) is 55.2 Å². The van der Waals surface area contributed by atoms with Crippen molar-refractivity contribution in [1.29, 1.82) is 0 Å². The summed E-state index contributed by atoms with van der Waals surface area (Å²) in [7, 11) is 0. The molecule has 2 aromatic carbocycles. The largest absolute Gasteiger partial charge is 0.327 e. The Morgan fingerprint density at radius 3 is 2.35 bits per heavy atom. The van der Waals surface area contributed by atoms with Crippen LogP contribution in [0.2, 0.25) is 0 Å². The van der Waals surface area contributed by atoms with Crippen LogP contribution < -0.4 is 4.72 Å². The molecule has 0 bridgehead atoms. The molecule has 0 aliphatic rings. The molecule has 0 fully saturated rings. The molecule has 0 aromatic heterocycles. The van der Waals surface area contributed by atoms with E-state index in [-0.39, 0.29) is 5.69 Å². The number of hydrogen-bond donors (Lipinski definition) is 2. The van der Waals surface area contributed by atoms with Gasteiger partial charge in [-0.3, -0.25) is 10.1 Å². The molecule has 1 N–H and O–H groups in total. The molecular formula is C12H10N2O2S. The van der Waals surface area contributed by atoms with Crippen molar-refractivity contribution in [3.8, 4) is 11.1 Å². The third-order valence-electron chi connectivity index (χ3n) is 2.42. The lowest BCUT2D eigenvalue weighted by atomic mass is 10.0. The van der Waals surface area contributed by atoms with Gasteiger partial charge in [0.15, 0.2) is 0 Å². The standard InChI is InChI=1S/C12H10N2O2S/c15-14(16)12-7-6-10(8-11(12)13-17)9-4-2-1-3-5-9/h1-8,13,17H. The zero-order chi connectivity index (χ0) is 12.3. The summed E-state index contributed by atoms with van der Waals surface area (Å²) in [6, 6.07) is 14.6. The maximum absolute atomic E-state index is 10.8. The van der Waals surface area contributed by atoms with E-state index < -0.39 is 4.92 Å². The van der Waals surface area contributed by atoms with Crippen LogP contribution in [0.3, 0.4) is 0 Å². The van der Waals surface area contributed by atoms with Gasteiger partial charge in [0, 0.05) is 6.07 Å². The van der Waals surface area contributed by atoms with Crippen LogP contribution in [0.15, 0.2) is 48.5 Å². The lowest BCUT2D eigenvalue weighted by Gasteiger charge is -2.05. The van der Waals surface area contributed by atoms with E-state index in [0.717, 1.165) is 11.1 Å². The quantitative estimate of drug-likeness (QED) is 0.495. The highest BCUT2D eigenvalue weighted by Gasteiger charge is 2.13. The van der Waals surface area contributed by atoms with Crippen molar-refractivity contribution in [2.45, 2.75) is 0 Å². The van der Waals surface area contributed by atoms with E-state index in [2.05, 4.69) is 17.5 Å². The van der Waals surface area contributed by atoms with E-state index >= 15 is 0 Å². The maximum Gasteiger partial charge on any atom is 0.293 e. The Morgan fingerprint density at radius 2 is 1.76 bits per heavy atom. The number of rotatable bonds is 3. The van der Waals surface area contributed by atoms with E-state index in [4.69, 9.17) is 0 Å². The zero-order valence-electron chi connectivity index (χ0n) is 8.83. The summed E-state index contributed by atoms with van der Waals surface area (Å²) in [4.78, 5) is 10.3. The fourth-order valence-corrected chi connectivity index (χ4v) is 1.77. The van der Waals surface area contributed by atoms with Crippen LogP contribution >= 0.6 is 12.8 Å². The summed E-state index contributed by atoms with van der Waals surface area (Å²) in [5.74, 6) is 0. The molecule has 4 nitrogen and oxygen atoms in total. The number of thiol groups is 1. The van der Waals surface area contributed by atoms with Gasteiger partial charge in [-0.1, -0.05) is 43.1 Å². The monoisotopic (exact) mass is 246 g/mol. The highest BCUT2D eigenvalue weighted by atomic mass is 32.1. The molecular weight excluding hydrogens is 236 g/mol. The first-order chi connectivity index (χ1) is 8.22. The molecule has 0 aliphatic heterocycles. The van der Waals surface area contributed by atoms with Crippen molar-refractivity contribution in [1.82, 2.24) is 0 Å². The van der Waals surface area contributed by atoms with E-state index in [1.165, 1.54) is 6.07 Å². The van der Waals surface area contributed by atoms with Gasteiger partial charge in [-0.2, -0.15) is 0 Å². The van der Waals surface area contributed by atoms with Crippen LogP contribution in [0.4, 0.5) is 11.4 Å². The number of hydrogen-bond acceptors (Lipinski definition) is 4. The number of nitro groups is 1. The lowest BCUT2D eigenvalue weighted by molar-refractivity contribution is -0.383. The SMILES string of the molecule is O=[N+]([O-])c1ccc(-c2ccccc2)cc1NS. The van der Waals surface area contributed by atoms with E-state index in [1.54, 1.807) is 12.1 Å². The summed E-state index contributed by atoms with van der Waals surface area (Å²) in [6.45, 7) is 0. The average Bonchev–Trinajstić information content (AvgIpc) is 2.39. The molecule has 0 saturated heterocycles. The Bertz CT molecular complexity index is 543. The molecule has 0 heterocycles. The van der Waals surface area contributed by atoms with E-state index in [0.29, 0.717) is 5.69 Å². The Balaban J connectivity index is 2.49. The fourth-order valence-electron chi connectivity index (χ4n) is 1.59. The molecule has 2 rings (SSSR count). The first kappa shape index (κ1) is 11.5. The Kier molecular flexibility index (Phi) is 3.30. The molecule has 0 saturated carbocycles. The van der Waals surface area contributed by atoms with Gasteiger partial charge in [0.2, 0.25) is 0 Å². The average molecular weight is 246 g/mol. The van der Waals surface area contributed by atoms with Gasteiger partial charge in [-0.05, 0) is 23.3 Å². The summed E-state index contributed by atoms with van der Waals surface area (Å²) in [5.41, 5.74) is 2.32. The van der Waals surface area contributed by atoms with Crippen LogP contribution in [0.1, 0.15) is 0 Å². The predicted octanol–water partition coefficient (Wildman–Crippen LogP) is 3.52. The third-order valence-corrected chi connectivity index (χ3v) is 2.66. The van der Waals surface area contributed by atoms with Gasteiger partial charge in [-0.15, -0.1) is 0 Å². The minimum absolute atomic E-state index is 0.0136. The zero-order valence-corrected chi connectivity index (χ0v) is 9.72. The molecule has 5 heteroatoms. The minimum atomic E-state index is -0.437. The van der Waals surface area contributed by atoms with Crippen LogP contribution in [0.5, 0.6) is 0 Å².